The third-order valence-corrected chi connectivity index (χ3v) is 3.75. The van der Waals surface area contributed by atoms with Gasteiger partial charge in [0.05, 0.1) is 12.7 Å². The Morgan fingerprint density at radius 2 is 1.96 bits per heavy atom. The standard InChI is InChI=1S/C18H13N3O3/c1-23-12-6-7-15(22)14(10-12)18-20-17(21-24-18)16-13-5-3-2-4-11(13)8-9-19-16/h2-10,22H,1H3. The van der Waals surface area contributed by atoms with Crippen LogP contribution in [0.25, 0.3) is 33.7 Å². The third-order valence-electron chi connectivity index (χ3n) is 3.75. The first-order chi connectivity index (χ1) is 11.8. The minimum Gasteiger partial charge on any atom is -0.507 e. The third kappa shape index (κ3) is 2.34. The zero-order valence-electron chi connectivity index (χ0n) is 12.8. The number of phenolic OH excluding ortho intramolecular Hbond substituents is 1. The summed E-state index contributed by atoms with van der Waals surface area (Å²) in [5.74, 6) is 1.20. The van der Waals surface area contributed by atoms with Gasteiger partial charge in [0.1, 0.15) is 17.2 Å². The molecule has 0 fully saturated rings. The number of pyridine rings is 1. The highest BCUT2D eigenvalue weighted by Crippen LogP contribution is 2.33. The average molecular weight is 319 g/mol. The second-order valence-corrected chi connectivity index (χ2v) is 5.19. The Morgan fingerprint density at radius 1 is 1.08 bits per heavy atom. The van der Waals surface area contributed by atoms with Crippen LogP contribution in [0.3, 0.4) is 0 Å². The number of hydrogen-bond donors (Lipinski definition) is 1. The van der Waals surface area contributed by atoms with E-state index in [9.17, 15) is 5.11 Å². The van der Waals surface area contributed by atoms with Crippen LogP contribution in [-0.2, 0) is 0 Å². The van der Waals surface area contributed by atoms with E-state index in [2.05, 4.69) is 15.1 Å². The van der Waals surface area contributed by atoms with Crippen molar-refractivity contribution >= 4 is 10.8 Å². The fourth-order valence-corrected chi connectivity index (χ4v) is 2.54. The summed E-state index contributed by atoms with van der Waals surface area (Å²) in [6.45, 7) is 0. The zero-order chi connectivity index (χ0) is 16.5. The molecule has 6 heteroatoms. The summed E-state index contributed by atoms with van der Waals surface area (Å²) in [7, 11) is 1.55. The number of fused-ring (bicyclic) bond motifs is 1. The van der Waals surface area contributed by atoms with Crippen LogP contribution in [0, 0.1) is 0 Å². The van der Waals surface area contributed by atoms with Crippen LogP contribution in [0.5, 0.6) is 11.5 Å². The highest BCUT2D eigenvalue weighted by atomic mass is 16.5. The van der Waals surface area contributed by atoms with Gasteiger partial charge < -0.3 is 14.4 Å². The lowest BCUT2D eigenvalue weighted by Crippen LogP contribution is -1.88. The van der Waals surface area contributed by atoms with E-state index in [1.807, 2.05) is 30.3 Å². The summed E-state index contributed by atoms with van der Waals surface area (Å²) in [5.41, 5.74) is 1.04. The lowest BCUT2D eigenvalue weighted by atomic mass is 10.1. The monoisotopic (exact) mass is 319 g/mol. The lowest BCUT2D eigenvalue weighted by molar-refractivity contribution is 0.408. The SMILES string of the molecule is COc1ccc(O)c(-c2nc(-c3nccc4ccccc34)no2)c1. The number of hydrogen-bond acceptors (Lipinski definition) is 6. The molecule has 4 aromatic rings. The van der Waals surface area contributed by atoms with Crippen molar-refractivity contribution in [2.45, 2.75) is 0 Å². The molecule has 24 heavy (non-hydrogen) atoms. The molecule has 1 N–H and O–H groups in total. The van der Waals surface area contributed by atoms with Crippen molar-refractivity contribution in [3.8, 4) is 34.5 Å². The van der Waals surface area contributed by atoms with Gasteiger partial charge in [-0.3, -0.25) is 4.98 Å². The molecule has 0 amide bonds. The summed E-state index contributed by atoms with van der Waals surface area (Å²) in [6, 6.07) is 14.6. The molecule has 0 atom stereocenters. The van der Waals surface area contributed by atoms with Gasteiger partial charge in [-0.15, -0.1) is 0 Å². The highest BCUT2D eigenvalue weighted by Gasteiger charge is 2.17. The number of ether oxygens (including phenoxy) is 1. The summed E-state index contributed by atoms with van der Waals surface area (Å²) in [6.07, 6.45) is 1.71. The summed E-state index contributed by atoms with van der Waals surface area (Å²) < 4.78 is 10.5. The second-order valence-electron chi connectivity index (χ2n) is 5.19. The molecular formula is C18H13N3O3. The van der Waals surface area contributed by atoms with Crippen molar-refractivity contribution in [3.63, 3.8) is 0 Å². The van der Waals surface area contributed by atoms with Crippen LogP contribution in [-0.4, -0.2) is 27.3 Å². The van der Waals surface area contributed by atoms with Crippen LogP contribution in [0.4, 0.5) is 0 Å². The Hall–Kier alpha value is -3.41. The van der Waals surface area contributed by atoms with Crippen molar-refractivity contribution in [2.24, 2.45) is 0 Å². The molecule has 118 valence electrons. The number of benzene rings is 2. The van der Waals surface area contributed by atoms with Gasteiger partial charge in [-0.25, -0.2) is 0 Å². The number of aromatic nitrogens is 3. The summed E-state index contributed by atoms with van der Waals surface area (Å²) in [5, 5.41) is 16.0. The van der Waals surface area contributed by atoms with E-state index in [4.69, 9.17) is 9.26 Å². The van der Waals surface area contributed by atoms with E-state index in [0.29, 0.717) is 22.8 Å². The Morgan fingerprint density at radius 3 is 2.83 bits per heavy atom. The van der Waals surface area contributed by atoms with Gasteiger partial charge in [0.25, 0.3) is 5.89 Å². The fraction of sp³-hybridized carbons (Fsp3) is 0.0556. The summed E-state index contributed by atoms with van der Waals surface area (Å²) >= 11 is 0. The number of rotatable bonds is 3. The van der Waals surface area contributed by atoms with E-state index in [-0.39, 0.29) is 11.6 Å². The molecule has 0 saturated carbocycles. The molecule has 0 spiro atoms. The van der Waals surface area contributed by atoms with Gasteiger partial charge in [0, 0.05) is 11.6 Å². The van der Waals surface area contributed by atoms with Crippen LogP contribution in [0.1, 0.15) is 0 Å². The number of nitrogens with zero attached hydrogens (tertiary/aromatic N) is 3. The van der Waals surface area contributed by atoms with Crippen LogP contribution < -0.4 is 4.74 Å². The normalized spacial score (nSPS) is 10.9. The predicted octanol–water partition coefficient (Wildman–Crippen LogP) is 3.67. The molecule has 2 heterocycles. The van der Waals surface area contributed by atoms with Gasteiger partial charge in [0.2, 0.25) is 5.82 Å². The molecule has 0 bridgehead atoms. The second kappa shape index (κ2) is 5.66. The van der Waals surface area contributed by atoms with E-state index < -0.39 is 0 Å². The molecule has 0 radical (unpaired) electrons. The van der Waals surface area contributed by atoms with Gasteiger partial charge in [-0.2, -0.15) is 4.98 Å². The van der Waals surface area contributed by atoms with Gasteiger partial charge in [0.15, 0.2) is 0 Å². The zero-order valence-corrected chi connectivity index (χ0v) is 12.8. The molecule has 0 aliphatic rings. The van der Waals surface area contributed by atoms with Gasteiger partial charge >= 0.3 is 0 Å². The highest BCUT2D eigenvalue weighted by molar-refractivity contribution is 5.92. The number of aromatic hydroxyl groups is 1. The Kier molecular flexibility index (Phi) is 3.35. The Bertz CT molecular complexity index is 1020. The maximum Gasteiger partial charge on any atom is 0.262 e. The minimum absolute atomic E-state index is 0.0388. The van der Waals surface area contributed by atoms with Crippen molar-refractivity contribution in [2.75, 3.05) is 7.11 Å². The molecule has 6 nitrogen and oxygen atoms in total. The first-order valence-electron chi connectivity index (χ1n) is 7.31. The van der Waals surface area contributed by atoms with Crippen molar-refractivity contribution in [1.82, 2.24) is 15.1 Å². The first-order valence-corrected chi connectivity index (χ1v) is 7.31. The molecule has 2 aromatic heterocycles. The maximum atomic E-state index is 10.0. The van der Waals surface area contributed by atoms with E-state index >= 15 is 0 Å². The number of methoxy groups -OCH3 is 1. The molecule has 0 saturated heterocycles. The largest absolute Gasteiger partial charge is 0.507 e. The number of phenols is 1. The van der Waals surface area contributed by atoms with Crippen molar-refractivity contribution < 1.29 is 14.4 Å². The molecular weight excluding hydrogens is 306 g/mol. The van der Waals surface area contributed by atoms with Crippen molar-refractivity contribution in [1.29, 1.82) is 0 Å². The quantitative estimate of drug-likeness (QED) is 0.620. The topological polar surface area (TPSA) is 81.3 Å². The van der Waals surface area contributed by atoms with Gasteiger partial charge in [-0.05, 0) is 29.7 Å². The molecule has 0 aliphatic heterocycles. The Labute approximate surface area is 137 Å². The molecule has 2 aromatic carbocycles. The fourth-order valence-electron chi connectivity index (χ4n) is 2.54. The first kappa shape index (κ1) is 14.2. The van der Waals surface area contributed by atoms with E-state index in [1.54, 1.807) is 25.4 Å². The minimum atomic E-state index is 0.0388. The smallest absolute Gasteiger partial charge is 0.262 e. The Balaban J connectivity index is 1.83. The van der Waals surface area contributed by atoms with E-state index in [1.165, 1.54) is 6.07 Å². The average Bonchev–Trinajstić information content (AvgIpc) is 3.11. The van der Waals surface area contributed by atoms with Crippen LogP contribution in [0.2, 0.25) is 0 Å². The van der Waals surface area contributed by atoms with Gasteiger partial charge in [-0.1, -0.05) is 29.4 Å². The molecule has 0 aliphatic carbocycles. The lowest BCUT2D eigenvalue weighted by Gasteiger charge is -2.03. The predicted molar refractivity (Wildman–Crippen MR) is 88.7 cm³/mol. The summed E-state index contributed by atoms with van der Waals surface area (Å²) in [4.78, 5) is 8.75. The van der Waals surface area contributed by atoms with Crippen LogP contribution >= 0.6 is 0 Å². The van der Waals surface area contributed by atoms with E-state index in [0.717, 1.165) is 10.8 Å². The molecule has 0 unspecified atom stereocenters. The van der Waals surface area contributed by atoms with Crippen molar-refractivity contribution in [3.05, 3.63) is 54.7 Å². The molecule has 4 rings (SSSR count). The van der Waals surface area contributed by atoms with Crippen LogP contribution in [0.15, 0.2) is 59.3 Å². The maximum absolute atomic E-state index is 10.0.